The van der Waals surface area contributed by atoms with Gasteiger partial charge < -0.3 is 10.6 Å². The van der Waals surface area contributed by atoms with Crippen LogP contribution < -0.4 is 10.6 Å². The maximum atomic E-state index is 13.1. The Morgan fingerprint density at radius 3 is 2.56 bits per heavy atom. The van der Waals surface area contributed by atoms with Gasteiger partial charge in [0.2, 0.25) is 0 Å². The number of halogens is 1. The van der Waals surface area contributed by atoms with Crippen LogP contribution in [0, 0.1) is 12.7 Å². The zero-order chi connectivity index (χ0) is 17.6. The summed E-state index contributed by atoms with van der Waals surface area (Å²) in [4.78, 5) is 20.4. The molecule has 1 aromatic heterocycles. The van der Waals surface area contributed by atoms with Crippen LogP contribution in [0.3, 0.4) is 0 Å². The minimum atomic E-state index is -0.441. The molecule has 0 bridgehead atoms. The molecule has 126 valence electrons. The van der Waals surface area contributed by atoms with Crippen molar-refractivity contribution in [3.8, 4) is 0 Å². The standard InChI is InChI=1S/C19H17FN4O/c1-13-5-7-14(8-6-13)10-22-18-12-21-17(11-23-18)19(25)24-16-4-2-3-15(20)9-16/h2-9,11-12H,10H2,1H3,(H,22,23)(H,24,25). The molecule has 0 fully saturated rings. The minimum Gasteiger partial charge on any atom is -0.365 e. The highest BCUT2D eigenvalue weighted by Crippen LogP contribution is 2.11. The lowest BCUT2D eigenvalue weighted by Crippen LogP contribution is -2.14. The second-order valence-corrected chi connectivity index (χ2v) is 5.59. The SMILES string of the molecule is Cc1ccc(CNc2cnc(C(=O)Nc3cccc(F)c3)cn2)cc1. The Bertz CT molecular complexity index is 863. The molecule has 0 saturated heterocycles. The lowest BCUT2D eigenvalue weighted by molar-refractivity contribution is 0.102. The van der Waals surface area contributed by atoms with Crippen LogP contribution >= 0.6 is 0 Å². The molecule has 0 aliphatic rings. The van der Waals surface area contributed by atoms with E-state index in [4.69, 9.17) is 0 Å². The van der Waals surface area contributed by atoms with Gasteiger partial charge in [-0.1, -0.05) is 35.9 Å². The summed E-state index contributed by atoms with van der Waals surface area (Å²) in [5.41, 5.74) is 2.86. The first-order chi connectivity index (χ1) is 12.1. The number of hydrogen-bond acceptors (Lipinski definition) is 4. The summed E-state index contributed by atoms with van der Waals surface area (Å²) >= 11 is 0. The van der Waals surface area contributed by atoms with Gasteiger partial charge in [0.05, 0.1) is 12.4 Å². The highest BCUT2D eigenvalue weighted by molar-refractivity contribution is 6.02. The van der Waals surface area contributed by atoms with Crippen molar-refractivity contribution < 1.29 is 9.18 Å². The van der Waals surface area contributed by atoms with Crippen LogP contribution in [0.1, 0.15) is 21.6 Å². The van der Waals surface area contributed by atoms with Gasteiger partial charge in [-0.05, 0) is 30.7 Å². The van der Waals surface area contributed by atoms with E-state index in [-0.39, 0.29) is 5.69 Å². The predicted molar refractivity (Wildman–Crippen MR) is 94.9 cm³/mol. The number of amides is 1. The molecule has 5 nitrogen and oxygen atoms in total. The Kier molecular flexibility index (Phi) is 4.99. The molecule has 0 aliphatic heterocycles. The van der Waals surface area contributed by atoms with Gasteiger partial charge in [0, 0.05) is 12.2 Å². The third-order valence-corrected chi connectivity index (χ3v) is 3.56. The molecule has 1 amide bonds. The largest absolute Gasteiger partial charge is 0.365 e. The van der Waals surface area contributed by atoms with Crippen molar-refractivity contribution in [3.63, 3.8) is 0 Å². The average molecular weight is 336 g/mol. The molecule has 0 aliphatic carbocycles. The van der Waals surface area contributed by atoms with Crippen LogP contribution in [0.2, 0.25) is 0 Å². The quantitative estimate of drug-likeness (QED) is 0.744. The third kappa shape index (κ3) is 4.60. The third-order valence-electron chi connectivity index (χ3n) is 3.56. The van der Waals surface area contributed by atoms with Crippen LogP contribution in [-0.4, -0.2) is 15.9 Å². The van der Waals surface area contributed by atoms with E-state index in [1.165, 1.54) is 36.2 Å². The number of aromatic nitrogens is 2. The second kappa shape index (κ2) is 7.53. The number of rotatable bonds is 5. The molecule has 0 atom stereocenters. The van der Waals surface area contributed by atoms with Crippen molar-refractivity contribution in [1.29, 1.82) is 0 Å². The monoisotopic (exact) mass is 336 g/mol. The lowest BCUT2D eigenvalue weighted by atomic mass is 10.1. The van der Waals surface area contributed by atoms with Crippen LogP contribution in [0.4, 0.5) is 15.9 Å². The molecule has 0 saturated carbocycles. The predicted octanol–water partition coefficient (Wildman–Crippen LogP) is 3.79. The van der Waals surface area contributed by atoms with E-state index in [1.54, 1.807) is 6.07 Å². The van der Waals surface area contributed by atoms with E-state index in [9.17, 15) is 9.18 Å². The molecule has 2 N–H and O–H groups in total. The molecule has 1 heterocycles. The molecular weight excluding hydrogens is 319 g/mol. The van der Waals surface area contributed by atoms with E-state index in [0.717, 1.165) is 5.56 Å². The van der Waals surface area contributed by atoms with Gasteiger partial charge in [-0.25, -0.2) is 14.4 Å². The first-order valence-electron chi connectivity index (χ1n) is 7.78. The van der Waals surface area contributed by atoms with Crippen LogP contribution in [0.25, 0.3) is 0 Å². The number of nitrogens with zero attached hydrogens (tertiary/aromatic N) is 2. The van der Waals surface area contributed by atoms with Gasteiger partial charge in [-0.2, -0.15) is 0 Å². The summed E-state index contributed by atoms with van der Waals surface area (Å²) in [5.74, 6) is -0.286. The minimum absolute atomic E-state index is 0.158. The molecular formula is C19H17FN4O. The molecule has 3 aromatic rings. The van der Waals surface area contributed by atoms with Crippen molar-refractivity contribution in [2.24, 2.45) is 0 Å². The lowest BCUT2D eigenvalue weighted by Gasteiger charge is -2.07. The fourth-order valence-corrected chi connectivity index (χ4v) is 2.20. The van der Waals surface area contributed by atoms with E-state index < -0.39 is 11.7 Å². The van der Waals surface area contributed by atoms with E-state index in [0.29, 0.717) is 18.1 Å². The Morgan fingerprint density at radius 1 is 1.08 bits per heavy atom. The van der Waals surface area contributed by atoms with Crippen molar-refractivity contribution in [3.05, 3.63) is 83.6 Å². The molecule has 6 heteroatoms. The van der Waals surface area contributed by atoms with Crippen molar-refractivity contribution in [1.82, 2.24) is 9.97 Å². The number of aryl methyl sites for hydroxylation is 1. The van der Waals surface area contributed by atoms with Gasteiger partial charge in [-0.15, -0.1) is 0 Å². The van der Waals surface area contributed by atoms with E-state index in [2.05, 4.69) is 20.6 Å². The number of benzene rings is 2. The number of carbonyl (C=O) groups is 1. The van der Waals surface area contributed by atoms with Crippen LogP contribution in [0.5, 0.6) is 0 Å². The Labute approximate surface area is 145 Å². The molecule has 0 radical (unpaired) electrons. The van der Waals surface area contributed by atoms with Gasteiger partial charge in [0.15, 0.2) is 0 Å². The highest BCUT2D eigenvalue weighted by Gasteiger charge is 2.09. The summed E-state index contributed by atoms with van der Waals surface area (Å²) in [5, 5.41) is 5.73. The fourth-order valence-electron chi connectivity index (χ4n) is 2.20. The summed E-state index contributed by atoms with van der Waals surface area (Å²) in [7, 11) is 0. The fraction of sp³-hybridized carbons (Fsp3) is 0.105. The topological polar surface area (TPSA) is 66.9 Å². The Balaban J connectivity index is 1.59. The van der Waals surface area contributed by atoms with Gasteiger partial charge in [-0.3, -0.25) is 4.79 Å². The van der Waals surface area contributed by atoms with Gasteiger partial charge in [0.25, 0.3) is 5.91 Å². The van der Waals surface area contributed by atoms with E-state index in [1.807, 2.05) is 31.2 Å². The summed E-state index contributed by atoms with van der Waals surface area (Å²) in [6, 6.07) is 13.8. The molecule has 0 unspecified atom stereocenters. The van der Waals surface area contributed by atoms with Gasteiger partial charge in [0.1, 0.15) is 17.3 Å². The smallest absolute Gasteiger partial charge is 0.275 e. The maximum absolute atomic E-state index is 13.1. The zero-order valence-electron chi connectivity index (χ0n) is 13.7. The van der Waals surface area contributed by atoms with E-state index >= 15 is 0 Å². The molecule has 2 aromatic carbocycles. The molecule has 25 heavy (non-hydrogen) atoms. The first kappa shape index (κ1) is 16.6. The van der Waals surface area contributed by atoms with Gasteiger partial charge >= 0.3 is 0 Å². The van der Waals surface area contributed by atoms with Crippen LogP contribution in [-0.2, 0) is 6.54 Å². The number of anilines is 2. The molecule has 3 rings (SSSR count). The maximum Gasteiger partial charge on any atom is 0.275 e. The number of nitrogens with one attached hydrogen (secondary N) is 2. The molecule has 0 spiro atoms. The van der Waals surface area contributed by atoms with Crippen molar-refractivity contribution in [2.75, 3.05) is 10.6 Å². The first-order valence-corrected chi connectivity index (χ1v) is 7.78. The van der Waals surface area contributed by atoms with Crippen molar-refractivity contribution in [2.45, 2.75) is 13.5 Å². The summed E-state index contributed by atoms with van der Waals surface area (Å²) < 4.78 is 13.1. The normalized spacial score (nSPS) is 10.3. The average Bonchev–Trinajstić information content (AvgIpc) is 2.62. The summed E-state index contributed by atoms with van der Waals surface area (Å²) in [6.45, 7) is 2.65. The van der Waals surface area contributed by atoms with Crippen molar-refractivity contribution >= 4 is 17.4 Å². The number of hydrogen-bond donors (Lipinski definition) is 2. The summed E-state index contributed by atoms with van der Waals surface area (Å²) in [6.07, 6.45) is 2.88. The second-order valence-electron chi connectivity index (χ2n) is 5.59. The highest BCUT2D eigenvalue weighted by atomic mass is 19.1. The number of carbonyl (C=O) groups excluding carboxylic acids is 1. The zero-order valence-corrected chi connectivity index (χ0v) is 13.7. The Morgan fingerprint density at radius 2 is 1.88 bits per heavy atom. The van der Waals surface area contributed by atoms with Crippen LogP contribution in [0.15, 0.2) is 60.9 Å². The Hall–Kier alpha value is -3.28.